The van der Waals surface area contributed by atoms with Crippen molar-refractivity contribution in [1.82, 2.24) is 15.0 Å². The highest BCUT2D eigenvalue weighted by Gasteiger charge is 2.54. The Kier molecular flexibility index (Phi) is 3.71. The summed E-state index contributed by atoms with van der Waals surface area (Å²) >= 11 is 1.62. The molecule has 1 amide bonds. The van der Waals surface area contributed by atoms with Crippen LogP contribution in [0.4, 0.5) is 0 Å². The molecular formula is C17H21N3O2S. The Morgan fingerprint density at radius 2 is 2.26 bits per heavy atom. The third kappa shape index (κ3) is 2.40. The molecule has 5 nitrogen and oxygen atoms in total. The fraction of sp³-hybridized carbons (Fsp3) is 0.588. The van der Waals surface area contributed by atoms with Gasteiger partial charge in [0.1, 0.15) is 0 Å². The van der Waals surface area contributed by atoms with E-state index in [0.717, 1.165) is 24.9 Å². The molecule has 4 rings (SSSR count). The van der Waals surface area contributed by atoms with Crippen LogP contribution < -0.4 is 0 Å². The lowest BCUT2D eigenvalue weighted by molar-refractivity contribution is -0.136. The minimum Gasteiger partial charge on any atom is -0.346 e. The Morgan fingerprint density at radius 1 is 1.43 bits per heavy atom. The van der Waals surface area contributed by atoms with Gasteiger partial charge >= 0.3 is 0 Å². The molecule has 2 aromatic heterocycles. The van der Waals surface area contributed by atoms with Gasteiger partial charge in [0.2, 0.25) is 17.6 Å². The van der Waals surface area contributed by atoms with Crippen molar-refractivity contribution < 1.29 is 9.32 Å². The van der Waals surface area contributed by atoms with Gasteiger partial charge in [-0.3, -0.25) is 4.79 Å². The molecule has 0 N–H and O–H groups in total. The largest absolute Gasteiger partial charge is 0.346 e. The first-order valence-electron chi connectivity index (χ1n) is 8.30. The lowest BCUT2D eigenvalue weighted by Gasteiger charge is -2.30. The molecular weight excluding hydrogens is 310 g/mol. The lowest BCUT2D eigenvalue weighted by Crippen LogP contribution is -2.38. The number of amides is 1. The van der Waals surface area contributed by atoms with Gasteiger partial charge in [-0.1, -0.05) is 5.16 Å². The first kappa shape index (κ1) is 14.9. The zero-order chi connectivity index (χ0) is 16.0. The zero-order valence-electron chi connectivity index (χ0n) is 13.4. The van der Waals surface area contributed by atoms with Crippen molar-refractivity contribution in [3.8, 4) is 11.4 Å². The summed E-state index contributed by atoms with van der Waals surface area (Å²) < 4.78 is 5.59. The van der Waals surface area contributed by atoms with Crippen molar-refractivity contribution in [3.05, 3.63) is 22.7 Å². The second kappa shape index (κ2) is 5.74. The molecule has 4 atom stereocenters. The van der Waals surface area contributed by atoms with E-state index in [2.05, 4.69) is 10.1 Å². The van der Waals surface area contributed by atoms with Crippen LogP contribution in [0.5, 0.6) is 0 Å². The van der Waals surface area contributed by atoms with E-state index in [1.807, 2.05) is 35.7 Å². The third-order valence-corrected chi connectivity index (χ3v) is 6.24. The van der Waals surface area contributed by atoms with Gasteiger partial charge in [0.05, 0.1) is 11.8 Å². The number of carbonyl (C=O) groups excluding carboxylic acids is 1. The van der Waals surface area contributed by atoms with Crippen molar-refractivity contribution in [3.63, 3.8) is 0 Å². The predicted octanol–water partition coefficient (Wildman–Crippen LogP) is 3.41. The topological polar surface area (TPSA) is 59.2 Å². The molecule has 23 heavy (non-hydrogen) atoms. The molecule has 2 fully saturated rings. The van der Waals surface area contributed by atoms with Gasteiger partial charge in [0.15, 0.2) is 0 Å². The second-order valence-electron chi connectivity index (χ2n) is 6.71. The number of nitrogens with zero attached hydrogens (tertiary/aromatic N) is 3. The summed E-state index contributed by atoms with van der Waals surface area (Å²) in [7, 11) is 1.88. The molecule has 2 saturated carbocycles. The molecule has 0 aliphatic heterocycles. The standard InChI is InChI=1S/C17H21N3O2S/c1-3-20(2)17(21)14-11-5-4-10(8-11)13(14)16-18-15(19-22-16)12-6-7-23-9-12/h6-7,9-11,13-14H,3-5,8H2,1-2H3/t10-,11+,13+,14+/m1/s1. The second-order valence-corrected chi connectivity index (χ2v) is 7.49. The van der Waals surface area contributed by atoms with Crippen molar-refractivity contribution in [1.29, 1.82) is 0 Å². The Labute approximate surface area is 139 Å². The molecule has 2 aliphatic carbocycles. The van der Waals surface area contributed by atoms with Crippen LogP contribution >= 0.6 is 11.3 Å². The Morgan fingerprint density at radius 3 is 3.00 bits per heavy atom. The molecule has 0 saturated heterocycles. The van der Waals surface area contributed by atoms with E-state index in [9.17, 15) is 4.79 Å². The van der Waals surface area contributed by atoms with Crippen LogP contribution in [0.3, 0.4) is 0 Å². The zero-order valence-corrected chi connectivity index (χ0v) is 14.3. The van der Waals surface area contributed by atoms with Gasteiger partial charge in [-0.2, -0.15) is 16.3 Å². The molecule has 0 spiro atoms. The van der Waals surface area contributed by atoms with Gasteiger partial charge < -0.3 is 9.42 Å². The summed E-state index contributed by atoms with van der Waals surface area (Å²) in [5.74, 6) is 2.61. The highest BCUT2D eigenvalue weighted by molar-refractivity contribution is 7.08. The summed E-state index contributed by atoms with van der Waals surface area (Å²) in [6.07, 6.45) is 3.45. The fourth-order valence-corrected chi connectivity index (χ4v) is 4.93. The van der Waals surface area contributed by atoms with Gasteiger partial charge in [-0.05, 0) is 49.5 Å². The van der Waals surface area contributed by atoms with Crippen molar-refractivity contribution in [2.24, 2.45) is 17.8 Å². The SMILES string of the molecule is CCN(C)C(=O)[C@H]1[C@H]2CC[C@H](C2)[C@@H]1c1nc(-c2ccsc2)no1. The third-order valence-electron chi connectivity index (χ3n) is 5.56. The summed E-state index contributed by atoms with van der Waals surface area (Å²) in [6, 6.07) is 1.99. The maximum absolute atomic E-state index is 12.8. The normalized spacial score (nSPS) is 29.1. The smallest absolute Gasteiger partial charge is 0.231 e. The minimum absolute atomic E-state index is 0.00877. The number of hydrogen-bond donors (Lipinski definition) is 0. The molecule has 6 heteroatoms. The molecule has 122 valence electrons. The van der Waals surface area contributed by atoms with Gasteiger partial charge in [-0.25, -0.2) is 0 Å². The summed E-state index contributed by atoms with van der Waals surface area (Å²) in [4.78, 5) is 19.3. The Balaban J connectivity index is 1.65. The van der Waals surface area contributed by atoms with E-state index in [-0.39, 0.29) is 17.7 Å². The van der Waals surface area contributed by atoms with E-state index in [4.69, 9.17) is 4.52 Å². The average molecular weight is 331 g/mol. The van der Waals surface area contributed by atoms with Crippen LogP contribution in [0, 0.1) is 17.8 Å². The summed E-state index contributed by atoms with van der Waals surface area (Å²) in [6.45, 7) is 2.75. The maximum atomic E-state index is 12.8. The number of fused-ring (bicyclic) bond motifs is 2. The van der Waals surface area contributed by atoms with E-state index in [1.165, 1.54) is 6.42 Å². The summed E-state index contributed by atoms with van der Waals surface area (Å²) in [5, 5.41) is 8.16. The maximum Gasteiger partial charge on any atom is 0.231 e. The van der Waals surface area contributed by atoms with Crippen molar-refractivity contribution in [2.45, 2.75) is 32.1 Å². The predicted molar refractivity (Wildman–Crippen MR) is 88.0 cm³/mol. The molecule has 0 aromatic carbocycles. The number of thiophene rings is 1. The van der Waals surface area contributed by atoms with Crippen LogP contribution in [0.25, 0.3) is 11.4 Å². The number of rotatable bonds is 4. The monoisotopic (exact) mass is 331 g/mol. The van der Waals surface area contributed by atoms with Crippen molar-refractivity contribution >= 4 is 17.2 Å². The molecule has 0 radical (unpaired) electrons. The fourth-order valence-electron chi connectivity index (χ4n) is 4.29. The lowest BCUT2D eigenvalue weighted by atomic mass is 9.78. The number of carbonyl (C=O) groups is 1. The van der Waals surface area contributed by atoms with Gasteiger partial charge in [0, 0.05) is 24.5 Å². The van der Waals surface area contributed by atoms with Crippen LogP contribution in [-0.2, 0) is 4.79 Å². The molecule has 2 aromatic rings. The highest BCUT2D eigenvalue weighted by atomic mass is 32.1. The Bertz CT molecular complexity index is 697. The molecule has 2 heterocycles. The number of aromatic nitrogens is 2. The van der Waals surface area contributed by atoms with Crippen LogP contribution in [0.2, 0.25) is 0 Å². The van der Waals surface area contributed by atoms with Crippen LogP contribution in [0.1, 0.15) is 38.0 Å². The van der Waals surface area contributed by atoms with Crippen molar-refractivity contribution in [2.75, 3.05) is 13.6 Å². The van der Waals surface area contributed by atoms with E-state index >= 15 is 0 Å². The quantitative estimate of drug-likeness (QED) is 0.861. The first-order valence-corrected chi connectivity index (χ1v) is 9.24. The van der Waals surface area contributed by atoms with E-state index in [1.54, 1.807) is 11.3 Å². The van der Waals surface area contributed by atoms with Gasteiger partial charge in [0.25, 0.3) is 0 Å². The van der Waals surface area contributed by atoms with E-state index < -0.39 is 0 Å². The molecule has 0 unspecified atom stereocenters. The van der Waals surface area contributed by atoms with Crippen LogP contribution in [-0.4, -0.2) is 34.5 Å². The Hall–Kier alpha value is -1.69. The first-order chi connectivity index (χ1) is 11.2. The summed E-state index contributed by atoms with van der Waals surface area (Å²) in [5.41, 5.74) is 0.988. The minimum atomic E-state index is 0.00877. The van der Waals surface area contributed by atoms with Gasteiger partial charge in [-0.15, -0.1) is 0 Å². The van der Waals surface area contributed by atoms with Crippen LogP contribution in [0.15, 0.2) is 21.3 Å². The average Bonchev–Trinajstić information content (AvgIpc) is 3.35. The highest BCUT2D eigenvalue weighted by Crippen LogP contribution is 2.56. The molecule has 2 bridgehead atoms. The molecule has 2 aliphatic rings. The number of hydrogen-bond acceptors (Lipinski definition) is 5. The van der Waals surface area contributed by atoms with E-state index in [0.29, 0.717) is 23.6 Å².